The molecule has 3 nitrogen and oxygen atoms in total. The van der Waals surface area contributed by atoms with Gasteiger partial charge in [0.05, 0.1) is 5.52 Å². The van der Waals surface area contributed by atoms with Gasteiger partial charge >= 0.3 is 0 Å². The van der Waals surface area contributed by atoms with Gasteiger partial charge in [0.1, 0.15) is 0 Å². The molecule has 1 heterocycles. The molecule has 2 rings (SSSR count). The summed E-state index contributed by atoms with van der Waals surface area (Å²) in [6.07, 6.45) is 0. The first-order valence-electron chi connectivity index (χ1n) is 4.99. The Bertz CT molecular complexity index is 566. The van der Waals surface area contributed by atoms with Crippen LogP contribution in [0.25, 0.3) is 10.9 Å². The Labute approximate surface area is 98.3 Å². The zero-order valence-electron chi connectivity index (χ0n) is 9.44. The molecule has 0 aliphatic carbocycles. The van der Waals surface area contributed by atoms with E-state index in [1.54, 1.807) is 0 Å². The van der Waals surface area contributed by atoms with E-state index in [9.17, 15) is 4.79 Å². The van der Waals surface area contributed by atoms with E-state index in [0.717, 1.165) is 28.4 Å². The Kier molecular flexibility index (Phi) is 2.92. The van der Waals surface area contributed by atoms with Crippen molar-refractivity contribution in [2.45, 2.75) is 25.9 Å². The second kappa shape index (κ2) is 4.22. The molecule has 0 aliphatic heterocycles. The number of rotatable bonds is 1. The van der Waals surface area contributed by atoms with Crippen LogP contribution in [-0.2, 0) is 4.79 Å². The molecular formula is C12H12N2OS. The summed E-state index contributed by atoms with van der Waals surface area (Å²) in [5.41, 5.74) is 2.99. The molecule has 0 unspecified atom stereocenters. The predicted octanol–water partition coefficient (Wildman–Crippen LogP) is 2.89. The van der Waals surface area contributed by atoms with Crippen molar-refractivity contribution in [3.05, 3.63) is 29.5 Å². The van der Waals surface area contributed by atoms with E-state index in [-0.39, 0.29) is 5.12 Å². The maximum absolute atomic E-state index is 11.0. The molecule has 0 amide bonds. The minimum Gasteiger partial charge on any atom is -0.287 e. The van der Waals surface area contributed by atoms with E-state index >= 15 is 0 Å². The van der Waals surface area contributed by atoms with Crippen LogP contribution in [0.3, 0.4) is 0 Å². The van der Waals surface area contributed by atoms with E-state index in [1.165, 1.54) is 12.5 Å². The highest BCUT2D eigenvalue weighted by Gasteiger charge is 2.07. The zero-order valence-corrected chi connectivity index (χ0v) is 10.3. The fourth-order valence-electron chi connectivity index (χ4n) is 1.54. The quantitative estimate of drug-likeness (QED) is 0.560. The van der Waals surface area contributed by atoms with Crippen LogP contribution in [0.4, 0.5) is 0 Å². The SMILES string of the molecule is CC(=O)Sc1nc(C)c2cc(C)ccc2n1. The van der Waals surface area contributed by atoms with Crippen LogP contribution in [0.15, 0.2) is 23.4 Å². The molecule has 0 spiro atoms. The fraction of sp³-hybridized carbons (Fsp3) is 0.250. The van der Waals surface area contributed by atoms with Crippen LogP contribution in [0.5, 0.6) is 0 Å². The lowest BCUT2D eigenvalue weighted by molar-refractivity contribution is -0.109. The monoisotopic (exact) mass is 232 g/mol. The predicted molar refractivity (Wildman–Crippen MR) is 65.6 cm³/mol. The van der Waals surface area contributed by atoms with Crippen molar-refractivity contribution in [1.82, 2.24) is 9.97 Å². The number of carbonyl (C=O) groups is 1. The maximum atomic E-state index is 11.0. The normalized spacial score (nSPS) is 10.7. The van der Waals surface area contributed by atoms with Crippen molar-refractivity contribution in [1.29, 1.82) is 0 Å². The van der Waals surface area contributed by atoms with Crippen LogP contribution in [0, 0.1) is 13.8 Å². The van der Waals surface area contributed by atoms with Crippen molar-refractivity contribution in [2.75, 3.05) is 0 Å². The van der Waals surface area contributed by atoms with Crippen LogP contribution in [-0.4, -0.2) is 15.1 Å². The molecule has 0 N–H and O–H groups in total. The van der Waals surface area contributed by atoms with Gasteiger partial charge < -0.3 is 0 Å². The second-order valence-corrected chi connectivity index (χ2v) is 4.85. The van der Waals surface area contributed by atoms with Gasteiger partial charge in [0.2, 0.25) is 0 Å². The molecule has 4 heteroatoms. The first kappa shape index (κ1) is 11.1. The molecule has 82 valence electrons. The van der Waals surface area contributed by atoms with Crippen molar-refractivity contribution in [3.63, 3.8) is 0 Å². The summed E-state index contributed by atoms with van der Waals surface area (Å²) in [4.78, 5) is 19.7. The van der Waals surface area contributed by atoms with Crippen molar-refractivity contribution in [2.24, 2.45) is 0 Å². The Morgan fingerprint density at radius 3 is 2.69 bits per heavy atom. The first-order chi connectivity index (χ1) is 7.56. The lowest BCUT2D eigenvalue weighted by Crippen LogP contribution is -1.95. The summed E-state index contributed by atoms with van der Waals surface area (Å²) in [7, 11) is 0. The smallest absolute Gasteiger partial charge is 0.196 e. The molecule has 0 radical (unpaired) electrons. The van der Waals surface area contributed by atoms with Crippen LogP contribution in [0.1, 0.15) is 18.2 Å². The van der Waals surface area contributed by atoms with Crippen molar-refractivity contribution >= 4 is 27.8 Å². The van der Waals surface area contributed by atoms with Gasteiger partial charge in [-0.25, -0.2) is 9.97 Å². The lowest BCUT2D eigenvalue weighted by atomic mass is 10.1. The lowest BCUT2D eigenvalue weighted by Gasteiger charge is -2.04. The van der Waals surface area contributed by atoms with Gasteiger partial charge in [-0.2, -0.15) is 0 Å². The van der Waals surface area contributed by atoms with Crippen molar-refractivity contribution < 1.29 is 4.79 Å². The van der Waals surface area contributed by atoms with E-state index in [2.05, 4.69) is 16.0 Å². The third-order valence-electron chi connectivity index (χ3n) is 2.26. The molecular weight excluding hydrogens is 220 g/mol. The maximum Gasteiger partial charge on any atom is 0.196 e. The van der Waals surface area contributed by atoms with E-state index in [0.29, 0.717) is 5.16 Å². The summed E-state index contributed by atoms with van der Waals surface area (Å²) in [6.45, 7) is 5.49. The number of hydrogen-bond donors (Lipinski definition) is 0. The molecule has 1 aromatic heterocycles. The third-order valence-corrected chi connectivity index (χ3v) is 2.91. The topological polar surface area (TPSA) is 42.9 Å². The van der Waals surface area contributed by atoms with E-state index < -0.39 is 0 Å². The average molecular weight is 232 g/mol. The van der Waals surface area contributed by atoms with Gasteiger partial charge in [0, 0.05) is 18.0 Å². The molecule has 0 bridgehead atoms. The summed E-state index contributed by atoms with van der Waals surface area (Å²) in [6, 6.07) is 6.04. The highest BCUT2D eigenvalue weighted by molar-refractivity contribution is 8.13. The number of benzene rings is 1. The fourth-order valence-corrected chi connectivity index (χ4v) is 2.13. The van der Waals surface area contributed by atoms with Gasteiger partial charge in [-0.1, -0.05) is 11.6 Å². The second-order valence-electron chi connectivity index (χ2n) is 3.71. The summed E-state index contributed by atoms with van der Waals surface area (Å²) < 4.78 is 0. The van der Waals surface area contributed by atoms with Crippen molar-refractivity contribution in [3.8, 4) is 0 Å². The average Bonchev–Trinajstić information content (AvgIpc) is 2.18. The van der Waals surface area contributed by atoms with Gasteiger partial charge in [-0.15, -0.1) is 0 Å². The molecule has 16 heavy (non-hydrogen) atoms. The Morgan fingerprint density at radius 1 is 1.25 bits per heavy atom. The highest BCUT2D eigenvalue weighted by atomic mass is 32.2. The number of nitrogens with zero attached hydrogens (tertiary/aromatic N) is 2. The largest absolute Gasteiger partial charge is 0.287 e. The number of carbonyl (C=O) groups excluding carboxylic acids is 1. The van der Waals surface area contributed by atoms with Gasteiger partial charge in [0.25, 0.3) is 0 Å². The van der Waals surface area contributed by atoms with Gasteiger partial charge in [-0.3, -0.25) is 4.79 Å². The Hall–Kier alpha value is -1.42. The third kappa shape index (κ3) is 2.22. The number of thioether (sulfide) groups is 1. The molecule has 0 fully saturated rings. The number of fused-ring (bicyclic) bond motifs is 1. The number of aryl methyl sites for hydroxylation is 2. The Morgan fingerprint density at radius 2 is 2.00 bits per heavy atom. The van der Waals surface area contributed by atoms with E-state index in [4.69, 9.17) is 0 Å². The number of aromatic nitrogens is 2. The molecule has 0 saturated carbocycles. The zero-order chi connectivity index (χ0) is 11.7. The standard InChI is InChI=1S/C12H12N2OS/c1-7-4-5-11-10(6-7)8(2)13-12(14-11)16-9(3)15/h4-6H,1-3H3. The first-order valence-corrected chi connectivity index (χ1v) is 5.81. The molecule has 0 saturated heterocycles. The summed E-state index contributed by atoms with van der Waals surface area (Å²) in [5.74, 6) is 0. The molecule has 0 aliphatic rings. The summed E-state index contributed by atoms with van der Waals surface area (Å²) >= 11 is 1.07. The minimum atomic E-state index is 0.00543. The van der Waals surface area contributed by atoms with Crippen LogP contribution >= 0.6 is 11.8 Å². The minimum absolute atomic E-state index is 0.00543. The van der Waals surface area contributed by atoms with Crippen LogP contribution < -0.4 is 0 Å². The van der Waals surface area contributed by atoms with Gasteiger partial charge in [-0.05, 0) is 37.7 Å². The highest BCUT2D eigenvalue weighted by Crippen LogP contribution is 2.21. The molecule has 0 atom stereocenters. The summed E-state index contributed by atoms with van der Waals surface area (Å²) in [5, 5.41) is 1.58. The van der Waals surface area contributed by atoms with Crippen LogP contribution in [0.2, 0.25) is 0 Å². The van der Waals surface area contributed by atoms with E-state index in [1.807, 2.05) is 26.0 Å². The number of hydrogen-bond acceptors (Lipinski definition) is 4. The van der Waals surface area contributed by atoms with Gasteiger partial charge in [0.15, 0.2) is 10.3 Å². The molecule has 1 aromatic carbocycles. The Balaban J connectivity index is 2.59. The molecule has 2 aromatic rings.